The third kappa shape index (κ3) is 10.2. The van der Waals surface area contributed by atoms with Crippen LogP contribution in [0.2, 0.25) is 0 Å². The molecule has 3 unspecified atom stereocenters. The first-order valence-corrected chi connectivity index (χ1v) is 23.0. The molecule has 0 spiro atoms. The van der Waals surface area contributed by atoms with Gasteiger partial charge in [-0.3, -0.25) is 0 Å². The molecule has 0 radical (unpaired) electrons. The Kier molecular flexibility index (Phi) is 16.4. The van der Waals surface area contributed by atoms with Crippen molar-refractivity contribution in [1.82, 2.24) is 0 Å². The van der Waals surface area contributed by atoms with Gasteiger partial charge in [0.1, 0.15) is 34.9 Å². The minimum Gasteiger partial charge on any atom is -0.485 e. The molecule has 0 aromatic heterocycles. The molecule has 2 fully saturated rings. The molecule has 0 saturated heterocycles. The molecule has 1 aromatic carbocycles. The Morgan fingerprint density at radius 2 is 1.73 bits per heavy atom. The van der Waals surface area contributed by atoms with E-state index in [0.717, 1.165) is 54.1 Å². The minimum atomic E-state index is -0.271. The van der Waals surface area contributed by atoms with Crippen molar-refractivity contribution in [3.05, 3.63) is 75.9 Å². The minimum absolute atomic E-state index is 0.0101. The molecular weight excluding hydrogens is 929 g/mol. The quantitative estimate of drug-likeness (QED) is 0.191. The van der Waals surface area contributed by atoms with E-state index < -0.39 is 0 Å². The van der Waals surface area contributed by atoms with E-state index in [0.29, 0.717) is 11.8 Å². The fourth-order valence-electron chi connectivity index (χ4n) is 8.48. The first-order valence-electron chi connectivity index (χ1n) is 19.0. The highest BCUT2D eigenvalue weighted by Gasteiger charge is 2.53. The molecule has 4 aliphatic carbocycles. The predicted octanol–water partition coefficient (Wildman–Crippen LogP) is 14.1. The maximum atomic E-state index is 7.10. The first kappa shape index (κ1) is 40.9. The van der Waals surface area contributed by atoms with Gasteiger partial charge in [-0.05, 0) is 103 Å². The van der Waals surface area contributed by atoms with Crippen molar-refractivity contribution < 1.29 is 7.80 Å². The van der Waals surface area contributed by atoms with Crippen LogP contribution in [-0.2, 0) is 15.9 Å². The van der Waals surface area contributed by atoms with Gasteiger partial charge in [0.25, 0.3) is 0 Å². The van der Waals surface area contributed by atoms with Gasteiger partial charge < -0.3 is 7.80 Å². The Bertz CT molecular complexity index is 1310. The van der Waals surface area contributed by atoms with Crippen molar-refractivity contribution in [2.45, 2.75) is 144 Å². The van der Waals surface area contributed by atoms with Crippen LogP contribution in [0.25, 0.3) is 0 Å². The van der Waals surface area contributed by atoms with E-state index in [1.165, 1.54) is 89.2 Å². The molecule has 2 saturated carbocycles. The average Bonchev–Trinajstić information content (AvgIpc) is 3.93. The van der Waals surface area contributed by atoms with E-state index in [9.17, 15) is 0 Å². The standard InChI is InChI=1S/C31H40I2O2.C7H13I.C5H10/c1-7-10-27-29-22(4)25(21(3)26-11-8-9-15-30(26,5)6)19-31(27,35-33)20(2)17-23-12-13-24(14-16-32)28(18-23)34-29;8-6-7-4-2-1-3-5-7;1-2-5-3-4-5/h8-9,11-13,15,18,20,27,29H,7,10,14,16-17,19H2,1-6H3;7H,1-6H2;5H,2-4H2,1H3/b26-21-;;/t20?,27?,29-,31?;;/m0../s1. The highest BCUT2D eigenvalue weighted by Crippen LogP contribution is 2.53. The van der Waals surface area contributed by atoms with Crippen molar-refractivity contribution >= 4 is 68.2 Å². The number of fused-ring (bicyclic) bond motifs is 4. The van der Waals surface area contributed by atoms with Gasteiger partial charge in [0.05, 0.1) is 5.60 Å². The van der Waals surface area contributed by atoms with Gasteiger partial charge >= 0.3 is 0 Å². The van der Waals surface area contributed by atoms with Gasteiger partial charge in [-0.2, -0.15) is 0 Å². The number of benzene rings is 1. The van der Waals surface area contributed by atoms with E-state index in [2.05, 4.69) is 159 Å². The molecule has 1 aromatic rings. The van der Waals surface area contributed by atoms with Crippen molar-refractivity contribution in [2.75, 3.05) is 8.86 Å². The normalized spacial score (nSPS) is 28.9. The average molecular weight is 993 g/mol. The van der Waals surface area contributed by atoms with E-state index in [1.54, 1.807) is 0 Å². The van der Waals surface area contributed by atoms with Crippen molar-refractivity contribution in [3.8, 4) is 5.75 Å². The molecular formula is C43H63I3O2. The molecule has 48 heavy (non-hydrogen) atoms. The summed E-state index contributed by atoms with van der Waals surface area (Å²) >= 11 is 7.19. The largest absolute Gasteiger partial charge is 0.485 e. The van der Waals surface area contributed by atoms with Gasteiger partial charge in [0.2, 0.25) is 0 Å². The number of hydrogen-bond acceptors (Lipinski definition) is 2. The van der Waals surface area contributed by atoms with E-state index in [-0.39, 0.29) is 17.1 Å². The fraction of sp³-hybridized carbons (Fsp3) is 0.674. The Balaban J connectivity index is 0.000000330. The topological polar surface area (TPSA) is 18.5 Å². The molecule has 6 rings (SSSR count). The summed E-state index contributed by atoms with van der Waals surface area (Å²) in [5.74, 6) is 3.98. The molecule has 268 valence electrons. The summed E-state index contributed by atoms with van der Waals surface area (Å²) < 4.78 is 16.2. The van der Waals surface area contributed by atoms with Gasteiger partial charge in [-0.1, -0.05) is 161 Å². The lowest BCUT2D eigenvalue weighted by Crippen LogP contribution is -2.55. The summed E-state index contributed by atoms with van der Waals surface area (Å²) in [6, 6.07) is 6.93. The zero-order chi connectivity index (χ0) is 34.9. The lowest BCUT2D eigenvalue weighted by Gasteiger charge is -2.50. The Hall–Kier alpha value is 0.130. The van der Waals surface area contributed by atoms with E-state index in [4.69, 9.17) is 7.80 Å². The van der Waals surface area contributed by atoms with E-state index >= 15 is 0 Å². The number of ether oxygens (including phenoxy) is 1. The van der Waals surface area contributed by atoms with Gasteiger partial charge in [0.15, 0.2) is 0 Å². The van der Waals surface area contributed by atoms with Crippen LogP contribution in [0.1, 0.15) is 130 Å². The summed E-state index contributed by atoms with van der Waals surface area (Å²) in [4.78, 5) is 0. The van der Waals surface area contributed by atoms with Gasteiger partial charge in [-0.15, -0.1) is 0 Å². The monoisotopic (exact) mass is 992 g/mol. The number of aryl methyl sites for hydroxylation is 1. The van der Waals surface area contributed by atoms with Gasteiger partial charge in [0, 0.05) is 26.6 Å². The third-order valence-corrected chi connectivity index (χ3v) is 14.5. The number of rotatable bonds is 8. The lowest BCUT2D eigenvalue weighted by atomic mass is 9.62. The molecule has 2 nitrogen and oxygen atoms in total. The number of allylic oxidation sites excluding steroid dienone is 6. The van der Waals surface area contributed by atoms with Crippen LogP contribution >= 0.6 is 68.2 Å². The highest BCUT2D eigenvalue weighted by atomic mass is 127. The third-order valence-electron chi connectivity index (χ3n) is 11.9. The maximum absolute atomic E-state index is 7.10. The van der Waals surface area contributed by atoms with Crippen LogP contribution in [0.3, 0.4) is 0 Å². The van der Waals surface area contributed by atoms with Crippen LogP contribution in [0, 0.1) is 29.1 Å². The second-order valence-corrected chi connectivity index (χ2v) is 18.2. The SMILES string of the molecule is CCC1CC1.CCCC1[C@H]2Oc3cc(ccc3CCI)CC(C)C1(OI)CC(/C(C)=C1/C=CC=CC1(C)C)=C2C.ICC1CCCCC1. The lowest BCUT2D eigenvalue weighted by molar-refractivity contribution is -0.0551. The summed E-state index contributed by atoms with van der Waals surface area (Å²) in [7, 11) is 0. The maximum Gasteiger partial charge on any atom is 0.126 e. The number of hydrogen-bond donors (Lipinski definition) is 0. The van der Waals surface area contributed by atoms with Crippen molar-refractivity contribution in [1.29, 1.82) is 0 Å². The number of halogens is 3. The molecule has 5 heteroatoms. The molecule has 0 N–H and O–H groups in total. The van der Waals surface area contributed by atoms with Crippen LogP contribution in [0.4, 0.5) is 0 Å². The fourth-order valence-corrected chi connectivity index (χ4v) is 10.9. The molecule has 0 amide bonds. The Morgan fingerprint density at radius 1 is 1.00 bits per heavy atom. The van der Waals surface area contributed by atoms with E-state index in [1.807, 2.05) is 0 Å². The first-order chi connectivity index (χ1) is 23.0. The summed E-state index contributed by atoms with van der Waals surface area (Å²) in [6.45, 7) is 16.2. The summed E-state index contributed by atoms with van der Waals surface area (Å²) in [5.41, 5.74) is 8.03. The van der Waals surface area contributed by atoms with Crippen LogP contribution in [-0.4, -0.2) is 20.6 Å². The smallest absolute Gasteiger partial charge is 0.126 e. The number of alkyl halides is 2. The van der Waals surface area contributed by atoms with Crippen LogP contribution < -0.4 is 4.74 Å². The van der Waals surface area contributed by atoms with Crippen molar-refractivity contribution in [2.24, 2.45) is 29.1 Å². The second-order valence-electron chi connectivity index (χ2n) is 15.8. The highest BCUT2D eigenvalue weighted by molar-refractivity contribution is 14.1. The molecule has 4 bridgehead atoms. The Labute approximate surface area is 336 Å². The summed E-state index contributed by atoms with van der Waals surface area (Å²) in [5, 5.41) is 0. The van der Waals surface area contributed by atoms with Crippen LogP contribution in [0.5, 0.6) is 5.75 Å². The Morgan fingerprint density at radius 3 is 2.27 bits per heavy atom. The molecule has 4 atom stereocenters. The zero-order valence-electron chi connectivity index (χ0n) is 31.0. The van der Waals surface area contributed by atoms with Gasteiger partial charge in [-0.25, -0.2) is 0 Å². The summed E-state index contributed by atoms with van der Waals surface area (Å²) in [6.07, 6.45) is 26.1. The zero-order valence-corrected chi connectivity index (χ0v) is 37.5. The van der Waals surface area contributed by atoms with Crippen molar-refractivity contribution in [3.63, 3.8) is 0 Å². The van der Waals surface area contributed by atoms with Crippen LogP contribution in [0.15, 0.2) is 64.8 Å². The molecule has 1 heterocycles. The predicted molar refractivity (Wildman–Crippen MR) is 233 cm³/mol. The molecule has 1 aliphatic heterocycles. The second kappa shape index (κ2) is 19.3. The molecule has 5 aliphatic rings.